The molecule has 2 aliphatic heterocycles. The Labute approximate surface area is 188 Å². The van der Waals surface area contributed by atoms with E-state index in [2.05, 4.69) is 10.3 Å². The van der Waals surface area contributed by atoms with Crippen molar-refractivity contribution in [1.82, 2.24) is 9.29 Å². The lowest BCUT2D eigenvalue weighted by molar-refractivity contribution is -0.119. The Morgan fingerprint density at radius 2 is 1.97 bits per heavy atom. The molecule has 1 fully saturated rings. The van der Waals surface area contributed by atoms with E-state index >= 15 is 0 Å². The zero-order valence-electron chi connectivity index (χ0n) is 16.2. The predicted octanol–water partition coefficient (Wildman–Crippen LogP) is 4.15. The van der Waals surface area contributed by atoms with Crippen LogP contribution in [0.1, 0.15) is 17.7 Å². The van der Waals surface area contributed by atoms with Crippen molar-refractivity contribution in [1.29, 1.82) is 0 Å². The smallest absolute Gasteiger partial charge is 0.244 e. The molecule has 0 unspecified atom stereocenters. The molecule has 0 bridgehead atoms. The SMILES string of the molecule is O=C(Nc1nc2c(s1)COc1ccccc1-2)[C@@H]1CCCN1S(=O)(=O)c1ccc(Cl)cc1. The zero-order valence-corrected chi connectivity index (χ0v) is 18.6. The van der Waals surface area contributed by atoms with Crippen molar-refractivity contribution in [2.45, 2.75) is 30.4 Å². The summed E-state index contributed by atoms with van der Waals surface area (Å²) in [5.41, 5.74) is 1.67. The van der Waals surface area contributed by atoms with E-state index in [4.69, 9.17) is 16.3 Å². The number of hydrogen-bond acceptors (Lipinski definition) is 6. The Morgan fingerprint density at radius 3 is 2.77 bits per heavy atom. The van der Waals surface area contributed by atoms with Crippen LogP contribution in [0.2, 0.25) is 5.02 Å². The molecule has 0 spiro atoms. The lowest BCUT2D eigenvalue weighted by Gasteiger charge is -2.23. The molecule has 10 heteroatoms. The number of sulfonamides is 1. The first-order chi connectivity index (χ1) is 14.9. The average Bonchev–Trinajstić information content (AvgIpc) is 3.41. The number of aromatic nitrogens is 1. The van der Waals surface area contributed by atoms with Crippen molar-refractivity contribution in [2.24, 2.45) is 0 Å². The monoisotopic (exact) mass is 475 g/mol. The molecule has 3 heterocycles. The molecule has 2 aromatic carbocycles. The Kier molecular flexibility index (Phi) is 5.21. The molecule has 0 saturated carbocycles. The Bertz CT molecular complexity index is 1260. The highest BCUT2D eigenvalue weighted by molar-refractivity contribution is 7.89. The largest absolute Gasteiger partial charge is 0.487 e. The van der Waals surface area contributed by atoms with Gasteiger partial charge in [-0.1, -0.05) is 35.1 Å². The second-order valence-electron chi connectivity index (χ2n) is 7.29. The normalized spacial score (nSPS) is 18.2. The van der Waals surface area contributed by atoms with Crippen LogP contribution in [-0.2, 0) is 21.4 Å². The van der Waals surface area contributed by atoms with E-state index in [0.717, 1.165) is 21.9 Å². The van der Waals surface area contributed by atoms with Gasteiger partial charge in [-0.3, -0.25) is 4.79 Å². The molecule has 1 aromatic heterocycles. The number of hydrogen-bond donors (Lipinski definition) is 1. The van der Waals surface area contributed by atoms with Gasteiger partial charge in [0.1, 0.15) is 18.4 Å². The second-order valence-corrected chi connectivity index (χ2v) is 10.7. The van der Waals surface area contributed by atoms with Crippen molar-refractivity contribution in [2.75, 3.05) is 11.9 Å². The van der Waals surface area contributed by atoms with E-state index in [1.54, 1.807) is 0 Å². The van der Waals surface area contributed by atoms with Crippen molar-refractivity contribution >= 4 is 44.0 Å². The van der Waals surface area contributed by atoms with Crippen LogP contribution in [0.3, 0.4) is 0 Å². The van der Waals surface area contributed by atoms with Crippen LogP contribution in [0.15, 0.2) is 53.4 Å². The molecule has 1 atom stereocenters. The molecule has 1 N–H and O–H groups in total. The molecular formula is C21H18ClN3O4S2. The number of halogens is 1. The fraction of sp³-hybridized carbons (Fsp3) is 0.238. The van der Waals surface area contributed by atoms with Gasteiger partial charge in [-0.2, -0.15) is 4.31 Å². The highest BCUT2D eigenvalue weighted by Gasteiger charge is 2.39. The van der Waals surface area contributed by atoms with E-state index in [0.29, 0.717) is 36.1 Å². The number of fused-ring (bicyclic) bond motifs is 3. The van der Waals surface area contributed by atoms with E-state index < -0.39 is 16.1 Å². The van der Waals surface area contributed by atoms with Gasteiger partial charge < -0.3 is 10.1 Å². The molecule has 7 nitrogen and oxygen atoms in total. The fourth-order valence-electron chi connectivity index (χ4n) is 3.87. The third kappa shape index (κ3) is 3.71. The van der Waals surface area contributed by atoms with Gasteiger partial charge in [-0.25, -0.2) is 13.4 Å². The summed E-state index contributed by atoms with van der Waals surface area (Å²) in [6, 6.07) is 12.8. The molecular weight excluding hydrogens is 458 g/mol. The Balaban J connectivity index is 1.37. The van der Waals surface area contributed by atoms with Gasteiger partial charge in [-0.15, -0.1) is 0 Å². The molecule has 5 rings (SSSR count). The Morgan fingerprint density at radius 1 is 1.19 bits per heavy atom. The first kappa shape index (κ1) is 20.4. The number of thiazole rings is 1. The van der Waals surface area contributed by atoms with Gasteiger partial charge >= 0.3 is 0 Å². The van der Waals surface area contributed by atoms with Gasteiger partial charge in [-0.05, 0) is 49.2 Å². The number of nitrogens with zero attached hydrogens (tertiary/aromatic N) is 2. The number of benzene rings is 2. The van der Waals surface area contributed by atoms with E-state index in [9.17, 15) is 13.2 Å². The molecule has 1 amide bonds. The number of para-hydroxylation sites is 1. The number of carbonyl (C=O) groups excluding carboxylic acids is 1. The van der Waals surface area contributed by atoms with E-state index in [-0.39, 0.29) is 10.8 Å². The topological polar surface area (TPSA) is 88.6 Å². The van der Waals surface area contributed by atoms with Crippen molar-refractivity contribution in [3.63, 3.8) is 0 Å². The molecule has 1 saturated heterocycles. The lowest BCUT2D eigenvalue weighted by Crippen LogP contribution is -2.43. The lowest BCUT2D eigenvalue weighted by atomic mass is 10.1. The average molecular weight is 476 g/mol. The van der Waals surface area contributed by atoms with Crippen molar-refractivity contribution in [3.8, 4) is 17.0 Å². The van der Waals surface area contributed by atoms with E-state index in [1.165, 1.54) is 39.9 Å². The van der Waals surface area contributed by atoms with Gasteiger partial charge in [0, 0.05) is 17.1 Å². The standard InChI is InChI=1S/C21H18ClN3O4S2/c22-13-7-9-14(10-8-13)31(27,28)25-11-3-5-16(25)20(26)24-21-23-19-15-4-1-2-6-17(15)29-12-18(19)30-21/h1-2,4,6-10,16H,3,5,11-12H2,(H,23,24,26)/t16-/m0/s1. The van der Waals surface area contributed by atoms with Crippen LogP contribution in [0.4, 0.5) is 5.13 Å². The molecule has 0 aliphatic carbocycles. The first-order valence-electron chi connectivity index (χ1n) is 9.74. The van der Waals surface area contributed by atoms with Gasteiger partial charge in [0.05, 0.1) is 15.5 Å². The van der Waals surface area contributed by atoms with Gasteiger partial charge in [0.25, 0.3) is 0 Å². The molecule has 160 valence electrons. The summed E-state index contributed by atoms with van der Waals surface area (Å²) >= 11 is 7.22. The summed E-state index contributed by atoms with van der Waals surface area (Å²) in [4.78, 5) is 18.6. The maximum atomic E-state index is 13.1. The molecule has 2 aliphatic rings. The summed E-state index contributed by atoms with van der Waals surface area (Å²) in [5, 5.41) is 3.71. The van der Waals surface area contributed by atoms with Crippen molar-refractivity contribution < 1.29 is 17.9 Å². The minimum atomic E-state index is -3.81. The summed E-state index contributed by atoms with van der Waals surface area (Å²) in [6.45, 7) is 0.680. The van der Waals surface area contributed by atoms with Crippen LogP contribution in [-0.4, -0.2) is 36.2 Å². The second kappa shape index (κ2) is 7.90. The fourth-order valence-corrected chi connectivity index (χ4v) is 6.54. The minimum Gasteiger partial charge on any atom is -0.487 e. The molecule has 31 heavy (non-hydrogen) atoms. The van der Waals surface area contributed by atoms with Crippen LogP contribution in [0.25, 0.3) is 11.3 Å². The van der Waals surface area contributed by atoms with Crippen molar-refractivity contribution in [3.05, 3.63) is 58.4 Å². The summed E-state index contributed by atoms with van der Waals surface area (Å²) in [7, 11) is -3.81. The van der Waals surface area contributed by atoms with Crippen LogP contribution in [0, 0.1) is 0 Å². The summed E-state index contributed by atoms with van der Waals surface area (Å²) < 4.78 is 33.2. The Hall–Kier alpha value is -2.46. The first-order valence-corrected chi connectivity index (χ1v) is 12.4. The predicted molar refractivity (Wildman–Crippen MR) is 119 cm³/mol. The third-order valence-electron chi connectivity index (χ3n) is 5.35. The maximum absolute atomic E-state index is 13.1. The summed E-state index contributed by atoms with van der Waals surface area (Å²) in [6.07, 6.45) is 1.07. The quantitative estimate of drug-likeness (QED) is 0.612. The van der Waals surface area contributed by atoms with Gasteiger partial charge in [0.15, 0.2) is 5.13 Å². The number of carbonyl (C=O) groups is 1. The molecule has 0 radical (unpaired) electrons. The van der Waals surface area contributed by atoms with E-state index in [1.807, 2.05) is 24.3 Å². The van der Waals surface area contributed by atoms with Crippen LogP contribution in [0.5, 0.6) is 5.75 Å². The van der Waals surface area contributed by atoms with Gasteiger partial charge in [0.2, 0.25) is 15.9 Å². The number of rotatable bonds is 4. The summed E-state index contributed by atoms with van der Waals surface area (Å²) in [5.74, 6) is 0.379. The highest BCUT2D eigenvalue weighted by atomic mass is 35.5. The van der Waals surface area contributed by atoms with Crippen LogP contribution >= 0.6 is 22.9 Å². The minimum absolute atomic E-state index is 0.120. The number of amides is 1. The molecule has 3 aromatic rings. The zero-order chi connectivity index (χ0) is 21.6. The number of nitrogens with one attached hydrogen (secondary N) is 1. The highest BCUT2D eigenvalue weighted by Crippen LogP contribution is 2.41. The maximum Gasteiger partial charge on any atom is 0.244 e. The number of ether oxygens (including phenoxy) is 1. The number of anilines is 1. The third-order valence-corrected chi connectivity index (χ3v) is 8.47. The van der Waals surface area contributed by atoms with Crippen LogP contribution < -0.4 is 10.1 Å².